The number of carbonyl (C=O) groups excluding carboxylic acids is 1. The maximum atomic E-state index is 11.9. The molecule has 5 nitrogen and oxygen atoms in total. The predicted octanol–water partition coefficient (Wildman–Crippen LogP) is 3.88. The van der Waals surface area contributed by atoms with Crippen LogP contribution in [-0.2, 0) is 11.3 Å². The number of hydrazine groups is 1. The molecule has 2 rings (SSSR count). The van der Waals surface area contributed by atoms with Gasteiger partial charge in [-0.3, -0.25) is 0 Å². The van der Waals surface area contributed by atoms with Crippen LogP contribution in [0.4, 0.5) is 10.5 Å². The molecule has 0 aliphatic heterocycles. The Labute approximate surface area is 136 Å². The summed E-state index contributed by atoms with van der Waals surface area (Å²) in [5, 5.41) is 0.978. The van der Waals surface area contributed by atoms with Crippen molar-refractivity contribution < 1.29 is 14.3 Å². The first kappa shape index (κ1) is 16.8. The summed E-state index contributed by atoms with van der Waals surface area (Å²) in [6, 6.07) is 16.9. The molecule has 0 saturated carbocycles. The lowest BCUT2D eigenvalue weighted by Crippen LogP contribution is -2.41. The molecule has 2 aromatic carbocycles. The lowest BCUT2D eigenvalue weighted by molar-refractivity contribution is 0.0580. The molecule has 23 heavy (non-hydrogen) atoms. The Bertz CT molecular complexity index is 634. The summed E-state index contributed by atoms with van der Waals surface area (Å²) in [6.07, 6.45) is -0.601. The Morgan fingerprint density at radius 3 is 2.22 bits per heavy atom. The summed E-state index contributed by atoms with van der Waals surface area (Å²) in [5.74, 6) is 6.48. The second-order valence-electron chi connectivity index (χ2n) is 6.12. The van der Waals surface area contributed by atoms with E-state index in [1.165, 1.54) is 0 Å². The minimum atomic E-state index is -0.601. The number of nitrogens with two attached hydrogens (primary N) is 1. The lowest BCUT2D eigenvalue weighted by atomic mass is 10.2. The lowest BCUT2D eigenvalue weighted by Gasteiger charge is -2.24. The number of rotatable bonds is 4. The molecule has 0 fully saturated rings. The molecule has 5 heteroatoms. The quantitative estimate of drug-likeness (QED) is 0.528. The Morgan fingerprint density at radius 2 is 1.65 bits per heavy atom. The summed E-state index contributed by atoms with van der Waals surface area (Å²) in [5.41, 5.74) is 1.03. The first-order chi connectivity index (χ1) is 10.8. The Balaban J connectivity index is 1.95. The van der Waals surface area contributed by atoms with Crippen LogP contribution < -0.4 is 15.6 Å². The summed E-state index contributed by atoms with van der Waals surface area (Å²) >= 11 is 0. The van der Waals surface area contributed by atoms with Gasteiger partial charge in [-0.15, -0.1) is 0 Å². The number of benzene rings is 2. The molecule has 0 aromatic heterocycles. The van der Waals surface area contributed by atoms with Crippen LogP contribution in [0.3, 0.4) is 0 Å². The standard InChI is InChI=1S/C18H22N2O3/c1-18(2,3)23-17(21)20(19)15-9-11-16(12-10-15)22-13-14-7-5-4-6-8-14/h4-12H,13,19H2,1-3H3. The van der Waals surface area contributed by atoms with Crippen LogP contribution in [0.1, 0.15) is 26.3 Å². The number of hydrogen-bond donors (Lipinski definition) is 1. The normalized spacial score (nSPS) is 11.0. The van der Waals surface area contributed by atoms with Crippen LogP contribution in [0.5, 0.6) is 5.75 Å². The van der Waals surface area contributed by atoms with Crippen molar-refractivity contribution in [2.45, 2.75) is 33.0 Å². The summed E-state index contributed by atoms with van der Waals surface area (Å²) in [4.78, 5) is 11.9. The van der Waals surface area contributed by atoms with E-state index in [1.54, 1.807) is 45.0 Å². The zero-order valence-electron chi connectivity index (χ0n) is 13.7. The van der Waals surface area contributed by atoms with Crippen molar-refractivity contribution in [2.75, 3.05) is 5.01 Å². The van der Waals surface area contributed by atoms with Gasteiger partial charge >= 0.3 is 6.09 Å². The third-order valence-electron chi connectivity index (χ3n) is 2.95. The first-order valence-electron chi connectivity index (χ1n) is 7.40. The maximum absolute atomic E-state index is 11.9. The monoisotopic (exact) mass is 314 g/mol. The highest BCUT2D eigenvalue weighted by Crippen LogP contribution is 2.20. The van der Waals surface area contributed by atoms with Crippen LogP contribution in [0.15, 0.2) is 54.6 Å². The van der Waals surface area contributed by atoms with Gasteiger partial charge in [-0.25, -0.2) is 15.6 Å². The van der Waals surface area contributed by atoms with E-state index >= 15 is 0 Å². The molecule has 122 valence electrons. The molecular formula is C18H22N2O3. The zero-order chi connectivity index (χ0) is 16.9. The second kappa shape index (κ2) is 7.15. The van der Waals surface area contributed by atoms with E-state index in [9.17, 15) is 4.79 Å². The molecule has 0 heterocycles. The van der Waals surface area contributed by atoms with Crippen LogP contribution >= 0.6 is 0 Å². The van der Waals surface area contributed by atoms with Gasteiger partial charge in [0.2, 0.25) is 0 Å². The number of amides is 1. The molecule has 0 aliphatic rings. The van der Waals surface area contributed by atoms with Gasteiger partial charge < -0.3 is 9.47 Å². The smallest absolute Gasteiger partial charge is 0.429 e. The SMILES string of the molecule is CC(C)(C)OC(=O)N(N)c1ccc(OCc2ccccc2)cc1. The summed E-state index contributed by atoms with van der Waals surface area (Å²) in [6.45, 7) is 5.86. The molecule has 0 aliphatic carbocycles. The van der Waals surface area contributed by atoms with Gasteiger partial charge in [-0.1, -0.05) is 30.3 Å². The first-order valence-corrected chi connectivity index (χ1v) is 7.40. The van der Waals surface area contributed by atoms with Crippen LogP contribution in [0, 0.1) is 0 Å². The van der Waals surface area contributed by atoms with Crippen molar-refractivity contribution in [2.24, 2.45) is 5.84 Å². The molecule has 2 N–H and O–H groups in total. The average molecular weight is 314 g/mol. The van der Waals surface area contributed by atoms with E-state index in [0.29, 0.717) is 18.0 Å². The highest BCUT2D eigenvalue weighted by Gasteiger charge is 2.21. The van der Waals surface area contributed by atoms with Gasteiger partial charge in [0.1, 0.15) is 18.0 Å². The van der Waals surface area contributed by atoms with Gasteiger partial charge in [0.25, 0.3) is 0 Å². The molecule has 0 saturated heterocycles. The van der Waals surface area contributed by atoms with E-state index in [0.717, 1.165) is 10.6 Å². The van der Waals surface area contributed by atoms with Crippen molar-refractivity contribution in [1.82, 2.24) is 0 Å². The highest BCUT2D eigenvalue weighted by molar-refractivity contribution is 5.86. The molecule has 0 bridgehead atoms. The van der Waals surface area contributed by atoms with Gasteiger partial charge in [0, 0.05) is 0 Å². The van der Waals surface area contributed by atoms with Crippen LogP contribution in [0.2, 0.25) is 0 Å². The van der Waals surface area contributed by atoms with Gasteiger partial charge in [0.15, 0.2) is 0 Å². The number of hydrogen-bond acceptors (Lipinski definition) is 4. The zero-order valence-corrected chi connectivity index (χ0v) is 13.7. The summed E-state index contributed by atoms with van der Waals surface area (Å²) < 4.78 is 10.9. The van der Waals surface area contributed by atoms with Crippen molar-refractivity contribution in [3.8, 4) is 5.75 Å². The third-order valence-corrected chi connectivity index (χ3v) is 2.95. The van der Waals surface area contributed by atoms with E-state index in [-0.39, 0.29) is 0 Å². The second-order valence-corrected chi connectivity index (χ2v) is 6.12. The van der Waals surface area contributed by atoms with Gasteiger partial charge in [-0.2, -0.15) is 0 Å². The number of carbonyl (C=O) groups is 1. The molecule has 0 atom stereocenters. The fourth-order valence-corrected chi connectivity index (χ4v) is 1.86. The summed E-state index contributed by atoms with van der Waals surface area (Å²) in [7, 11) is 0. The number of anilines is 1. The fourth-order valence-electron chi connectivity index (χ4n) is 1.86. The molecule has 0 radical (unpaired) electrons. The molecule has 0 spiro atoms. The van der Waals surface area contributed by atoms with E-state index < -0.39 is 11.7 Å². The minimum absolute atomic E-state index is 0.485. The third kappa shape index (κ3) is 5.30. The molecule has 2 aromatic rings. The maximum Gasteiger partial charge on any atom is 0.429 e. The van der Waals surface area contributed by atoms with E-state index in [2.05, 4.69) is 0 Å². The molecule has 1 amide bonds. The number of nitrogens with zero attached hydrogens (tertiary/aromatic N) is 1. The molecular weight excluding hydrogens is 292 g/mol. The Kier molecular flexibility index (Phi) is 5.24. The Morgan fingerprint density at radius 1 is 1.04 bits per heavy atom. The van der Waals surface area contributed by atoms with Crippen LogP contribution in [0.25, 0.3) is 0 Å². The van der Waals surface area contributed by atoms with Crippen molar-refractivity contribution in [1.29, 1.82) is 0 Å². The van der Waals surface area contributed by atoms with Crippen LogP contribution in [-0.4, -0.2) is 11.7 Å². The van der Waals surface area contributed by atoms with Crippen molar-refractivity contribution in [3.63, 3.8) is 0 Å². The van der Waals surface area contributed by atoms with E-state index in [4.69, 9.17) is 15.3 Å². The topological polar surface area (TPSA) is 64.8 Å². The highest BCUT2D eigenvalue weighted by atomic mass is 16.6. The van der Waals surface area contributed by atoms with Crippen molar-refractivity contribution in [3.05, 3.63) is 60.2 Å². The van der Waals surface area contributed by atoms with Crippen molar-refractivity contribution >= 4 is 11.8 Å². The number of ether oxygens (including phenoxy) is 2. The van der Waals surface area contributed by atoms with Gasteiger partial charge in [-0.05, 0) is 50.6 Å². The fraction of sp³-hybridized carbons (Fsp3) is 0.278. The Hall–Kier alpha value is -2.53. The largest absolute Gasteiger partial charge is 0.489 e. The predicted molar refractivity (Wildman–Crippen MR) is 90.1 cm³/mol. The average Bonchev–Trinajstić information content (AvgIpc) is 2.52. The van der Waals surface area contributed by atoms with E-state index in [1.807, 2.05) is 30.3 Å². The van der Waals surface area contributed by atoms with Gasteiger partial charge in [0.05, 0.1) is 5.69 Å². The minimum Gasteiger partial charge on any atom is -0.489 e. The molecule has 0 unspecified atom stereocenters.